The normalized spacial score (nSPS) is 12.9. The smallest absolute Gasteiger partial charge is 0.242 e. The maximum absolute atomic E-state index is 13.0. The number of nitrogens with zero attached hydrogens (tertiary/aromatic N) is 2. The summed E-state index contributed by atoms with van der Waals surface area (Å²) in [6.07, 6.45) is 1.05. The van der Waals surface area contributed by atoms with Gasteiger partial charge >= 0.3 is 0 Å². The molecule has 0 aliphatic heterocycles. The van der Waals surface area contributed by atoms with Crippen molar-refractivity contribution >= 4 is 20.9 Å². The molecule has 2 heterocycles. The number of benzene rings is 1. The number of rotatable bonds is 8. The maximum atomic E-state index is 13.0. The number of fused-ring (bicyclic) bond motifs is 1. The van der Waals surface area contributed by atoms with Gasteiger partial charge in [-0.15, -0.1) is 0 Å². The van der Waals surface area contributed by atoms with Crippen LogP contribution in [0.4, 0.5) is 13.2 Å². The topological polar surface area (TPSA) is 98.6 Å². The summed E-state index contributed by atoms with van der Waals surface area (Å²) in [5.41, 5.74) is 2.43. The van der Waals surface area contributed by atoms with Crippen LogP contribution in [0.1, 0.15) is 24.0 Å². The molecule has 30 heavy (non-hydrogen) atoms. The molecule has 3 aromatic rings. The molecule has 2 aromatic heterocycles. The van der Waals surface area contributed by atoms with Crippen LogP contribution < -0.4 is 4.72 Å². The molecule has 6 nitrogen and oxygen atoms in total. The first kappa shape index (κ1) is 21.8. The Bertz CT molecular complexity index is 1180. The SMILES string of the molecule is CC(CF)c1ccc2c(C#N)c(-c3ccc(S(=O)(=O)NC(CF)CF)cn3)[nH]c2c1. The van der Waals surface area contributed by atoms with E-state index in [2.05, 4.69) is 16.0 Å². The second kappa shape index (κ2) is 8.85. The Labute approximate surface area is 171 Å². The molecule has 1 unspecified atom stereocenters. The second-order valence-electron chi connectivity index (χ2n) is 6.85. The molecular formula is C20H19F3N4O2S. The first-order valence-electron chi connectivity index (χ1n) is 9.07. The van der Waals surface area contributed by atoms with Crippen LogP contribution >= 0.6 is 0 Å². The van der Waals surface area contributed by atoms with E-state index in [0.717, 1.165) is 11.8 Å². The number of aromatic amines is 1. The summed E-state index contributed by atoms with van der Waals surface area (Å²) in [5.74, 6) is -0.292. The third-order valence-electron chi connectivity index (χ3n) is 4.73. The third-order valence-corrected chi connectivity index (χ3v) is 6.24. The number of nitriles is 1. The van der Waals surface area contributed by atoms with Gasteiger partial charge in [-0.1, -0.05) is 19.1 Å². The van der Waals surface area contributed by atoms with Crippen molar-refractivity contribution < 1.29 is 21.6 Å². The van der Waals surface area contributed by atoms with Gasteiger partial charge in [0.2, 0.25) is 10.0 Å². The zero-order valence-electron chi connectivity index (χ0n) is 16.0. The van der Waals surface area contributed by atoms with E-state index in [1.165, 1.54) is 12.1 Å². The molecule has 0 radical (unpaired) electrons. The molecule has 0 aliphatic carbocycles. The molecule has 0 amide bonds. The fourth-order valence-electron chi connectivity index (χ4n) is 3.00. The molecule has 0 aliphatic rings. The average molecular weight is 436 g/mol. The Kier molecular flexibility index (Phi) is 6.43. The number of nitrogens with one attached hydrogen (secondary N) is 2. The highest BCUT2D eigenvalue weighted by Crippen LogP contribution is 2.31. The lowest BCUT2D eigenvalue weighted by Gasteiger charge is -2.12. The van der Waals surface area contributed by atoms with Gasteiger partial charge in [-0.2, -0.15) is 5.26 Å². The number of hydrogen-bond acceptors (Lipinski definition) is 4. The highest BCUT2D eigenvalue weighted by molar-refractivity contribution is 7.89. The Hall–Kier alpha value is -2.90. The van der Waals surface area contributed by atoms with E-state index in [0.29, 0.717) is 27.9 Å². The van der Waals surface area contributed by atoms with Crippen LogP contribution in [0.25, 0.3) is 22.3 Å². The number of alkyl halides is 3. The van der Waals surface area contributed by atoms with Crippen LogP contribution in [0.2, 0.25) is 0 Å². The van der Waals surface area contributed by atoms with Gasteiger partial charge in [0.05, 0.1) is 29.7 Å². The molecule has 10 heteroatoms. The van der Waals surface area contributed by atoms with Gasteiger partial charge in [0, 0.05) is 23.0 Å². The summed E-state index contributed by atoms with van der Waals surface area (Å²) in [5, 5.41) is 10.2. The fraction of sp³-hybridized carbons (Fsp3) is 0.300. The Balaban J connectivity index is 1.99. The maximum Gasteiger partial charge on any atom is 0.242 e. The average Bonchev–Trinajstić information content (AvgIpc) is 3.14. The van der Waals surface area contributed by atoms with Gasteiger partial charge in [-0.25, -0.2) is 21.9 Å². The molecule has 0 saturated carbocycles. The van der Waals surface area contributed by atoms with Crippen molar-refractivity contribution in [1.82, 2.24) is 14.7 Å². The van der Waals surface area contributed by atoms with Crippen molar-refractivity contribution in [2.24, 2.45) is 0 Å². The predicted molar refractivity (Wildman–Crippen MR) is 107 cm³/mol. The molecule has 0 saturated heterocycles. The number of halogens is 3. The van der Waals surface area contributed by atoms with Crippen molar-refractivity contribution in [3.63, 3.8) is 0 Å². The lowest BCUT2D eigenvalue weighted by Crippen LogP contribution is -2.37. The van der Waals surface area contributed by atoms with Gasteiger partial charge in [0.25, 0.3) is 0 Å². The summed E-state index contributed by atoms with van der Waals surface area (Å²) >= 11 is 0. The van der Waals surface area contributed by atoms with E-state index in [1.807, 2.05) is 4.72 Å². The van der Waals surface area contributed by atoms with Crippen molar-refractivity contribution in [2.45, 2.75) is 23.8 Å². The van der Waals surface area contributed by atoms with Gasteiger partial charge in [-0.05, 0) is 23.8 Å². The van der Waals surface area contributed by atoms with Crippen molar-refractivity contribution in [2.75, 3.05) is 20.0 Å². The Morgan fingerprint density at radius 1 is 1.17 bits per heavy atom. The lowest BCUT2D eigenvalue weighted by atomic mass is 10.0. The number of H-pyrrole nitrogens is 1. The summed E-state index contributed by atoms with van der Waals surface area (Å²) in [4.78, 5) is 6.93. The molecule has 2 N–H and O–H groups in total. The van der Waals surface area contributed by atoms with E-state index in [-0.39, 0.29) is 10.8 Å². The number of pyridine rings is 1. The molecule has 1 atom stereocenters. The minimum Gasteiger partial charge on any atom is -0.352 e. The van der Waals surface area contributed by atoms with Crippen LogP contribution in [0.15, 0.2) is 41.4 Å². The van der Waals surface area contributed by atoms with E-state index in [1.54, 1.807) is 25.1 Å². The minimum absolute atomic E-state index is 0.258. The van der Waals surface area contributed by atoms with Crippen molar-refractivity contribution in [1.29, 1.82) is 5.26 Å². The number of aromatic nitrogens is 2. The summed E-state index contributed by atoms with van der Waals surface area (Å²) in [7, 11) is -4.14. The lowest BCUT2D eigenvalue weighted by molar-refractivity contribution is 0.334. The van der Waals surface area contributed by atoms with Gasteiger partial charge in [-0.3, -0.25) is 9.37 Å². The molecule has 3 rings (SSSR count). The monoisotopic (exact) mass is 436 g/mol. The van der Waals surface area contributed by atoms with E-state index in [4.69, 9.17) is 0 Å². The highest BCUT2D eigenvalue weighted by atomic mass is 32.2. The van der Waals surface area contributed by atoms with E-state index < -0.39 is 36.1 Å². The third kappa shape index (κ3) is 4.17. The van der Waals surface area contributed by atoms with Gasteiger partial charge in [0.15, 0.2) is 0 Å². The second-order valence-corrected chi connectivity index (χ2v) is 8.57. The Morgan fingerprint density at radius 3 is 2.47 bits per heavy atom. The minimum atomic E-state index is -4.14. The molecule has 0 spiro atoms. The van der Waals surface area contributed by atoms with Crippen LogP contribution in [0, 0.1) is 11.3 Å². The zero-order chi connectivity index (χ0) is 21.9. The van der Waals surface area contributed by atoms with E-state index in [9.17, 15) is 26.9 Å². The van der Waals surface area contributed by atoms with Crippen molar-refractivity contribution in [3.8, 4) is 17.5 Å². The molecule has 0 fully saturated rings. The number of hydrogen-bond donors (Lipinski definition) is 2. The summed E-state index contributed by atoms with van der Waals surface area (Å²) < 4.78 is 64.6. The molecule has 0 bridgehead atoms. The predicted octanol–water partition coefficient (Wildman–Crippen LogP) is 3.76. The van der Waals surface area contributed by atoms with Crippen LogP contribution in [-0.2, 0) is 10.0 Å². The van der Waals surface area contributed by atoms with Gasteiger partial charge < -0.3 is 4.98 Å². The Morgan fingerprint density at radius 2 is 1.90 bits per heavy atom. The van der Waals surface area contributed by atoms with Crippen LogP contribution in [-0.4, -0.2) is 44.5 Å². The molecule has 158 valence electrons. The van der Waals surface area contributed by atoms with Crippen molar-refractivity contribution in [3.05, 3.63) is 47.7 Å². The van der Waals surface area contributed by atoms with E-state index >= 15 is 0 Å². The first-order valence-corrected chi connectivity index (χ1v) is 10.5. The van der Waals surface area contributed by atoms with Crippen LogP contribution in [0.3, 0.4) is 0 Å². The molecular weight excluding hydrogens is 417 g/mol. The zero-order valence-corrected chi connectivity index (χ0v) is 16.8. The number of sulfonamides is 1. The standard InChI is InChI=1S/C20H19F3N4O2S/c1-12(7-21)13-2-4-16-17(10-24)20(26-19(16)6-13)18-5-3-15(11-25-18)30(28,29)27-14(8-22)9-23/h2-6,11-12,14,26-27H,7-9H2,1H3. The highest BCUT2D eigenvalue weighted by Gasteiger charge is 2.21. The summed E-state index contributed by atoms with van der Waals surface area (Å²) in [6.45, 7) is -1.11. The first-order chi connectivity index (χ1) is 14.3. The largest absolute Gasteiger partial charge is 0.352 e. The quantitative estimate of drug-likeness (QED) is 0.562. The molecule has 1 aromatic carbocycles. The fourth-order valence-corrected chi connectivity index (χ4v) is 4.14. The van der Waals surface area contributed by atoms with Crippen LogP contribution in [0.5, 0.6) is 0 Å². The summed E-state index contributed by atoms with van der Waals surface area (Å²) in [6, 6.07) is 8.52. The van der Waals surface area contributed by atoms with Gasteiger partial charge in [0.1, 0.15) is 24.3 Å².